The number of carbonyl (C=O) groups is 1. The summed E-state index contributed by atoms with van der Waals surface area (Å²) in [5, 5.41) is 1.99. The van der Waals surface area contributed by atoms with E-state index in [1.807, 2.05) is 66.1 Å². The van der Waals surface area contributed by atoms with Gasteiger partial charge in [0.2, 0.25) is 0 Å². The highest BCUT2D eigenvalue weighted by atomic mass is 32.1. The first-order chi connectivity index (χ1) is 10.8. The fraction of sp³-hybridized carbons (Fsp3) is 0. The van der Waals surface area contributed by atoms with Crippen molar-refractivity contribution in [3.05, 3.63) is 86.2 Å². The molecular formula is C19H12OS2. The van der Waals surface area contributed by atoms with Gasteiger partial charge in [-0.05, 0) is 47.9 Å². The number of allylic oxidation sites excluding steroid dienone is 1. The van der Waals surface area contributed by atoms with Crippen molar-refractivity contribution in [2.75, 3.05) is 0 Å². The van der Waals surface area contributed by atoms with Crippen LogP contribution in [0.25, 0.3) is 6.08 Å². The van der Waals surface area contributed by atoms with Crippen LogP contribution in [0.1, 0.15) is 25.0 Å². The second kappa shape index (κ2) is 7.04. The van der Waals surface area contributed by atoms with Gasteiger partial charge in [0.25, 0.3) is 0 Å². The minimum Gasteiger partial charge on any atom is -0.288 e. The Balaban J connectivity index is 1.71. The molecule has 0 fully saturated rings. The van der Waals surface area contributed by atoms with E-state index in [0.29, 0.717) is 4.88 Å². The predicted octanol–water partition coefficient (Wildman–Crippen LogP) is 5.11. The Hall–Kier alpha value is -2.41. The maximum Gasteiger partial charge on any atom is 0.195 e. The molecule has 0 saturated carbocycles. The van der Waals surface area contributed by atoms with Crippen LogP contribution in [0.4, 0.5) is 0 Å². The fourth-order valence-corrected chi connectivity index (χ4v) is 3.22. The van der Waals surface area contributed by atoms with E-state index < -0.39 is 0 Å². The molecule has 0 bridgehead atoms. The summed E-state index contributed by atoms with van der Waals surface area (Å²) in [6, 6.07) is 17.5. The summed E-state index contributed by atoms with van der Waals surface area (Å²) in [5.74, 6) is 6.22. The molecule has 22 heavy (non-hydrogen) atoms. The Morgan fingerprint density at radius 3 is 2.59 bits per heavy atom. The van der Waals surface area contributed by atoms with Crippen LogP contribution in [0.3, 0.4) is 0 Å². The van der Waals surface area contributed by atoms with E-state index in [1.54, 1.807) is 17.4 Å². The molecular weight excluding hydrogens is 308 g/mol. The lowest BCUT2D eigenvalue weighted by atomic mass is 10.2. The molecule has 0 aliphatic rings. The van der Waals surface area contributed by atoms with Gasteiger partial charge in [-0.3, -0.25) is 4.79 Å². The van der Waals surface area contributed by atoms with Crippen molar-refractivity contribution < 1.29 is 4.79 Å². The maximum absolute atomic E-state index is 12.1. The van der Waals surface area contributed by atoms with Crippen molar-refractivity contribution in [3.63, 3.8) is 0 Å². The van der Waals surface area contributed by atoms with E-state index in [2.05, 4.69) is 11.8 Å². The van der Waals surface area contributed by atoms with Crippen molar-refractivity contribution in [1.82, 2.24) is 0 Å². The Labute approximate surface area is 137 Å². The van der Waals surface area contributed by atoms with Crippen molar-refractivity contribution in [2.24, 2.45) is 0 Å². The molecule has 3 aromatic rings. The summed E-state index contributed by atoms with van der Waals surface area (Å²) in [6.45, 7) is 0. The number of hydrogen-bond donors (Lipinski definition) is 0. The number of hydrogen-bond acceptors (Lipinski definition) is 3. The first-order valence-electron chi connectivity index (χ1n) is 6.74. The van der Waals surface area contributed by atoms with E-state index in [9.17, 15) is 4.79 Å². The summed E-state index contributed by atoms with van der Waals surface area (Å²) in [4.78, 5) is 14.8. The van der Waals surface area contributed by atoms with Crippen LogP contribution in [0.5, 0.6) is 0 Å². The standard InChI is InChI=1S/C19H12OS2/c20-18(12-10-16-7-4-14-21-16)19-13-11-17(22-19)9-8-15-5-2-1-3-6-15/h1-7,10-14H. The van der Waals surface area contributed by atoms with E-state index in [1.165, 1.54) is 11.3 Å². The van der Waals surface area contributed by atoms with Gasteiger partial charge in [-0.15, -0.1) is 22.7 Å². The molecule has 0 N–H and O–H groups in total. The van der Waals surface area contributed by atoms with Gasteiger partial charge in [0.05, 0.1) is 9.75 Å². The minimum atomic E-state index is 0.0196. The number of benzene rings is 1. The number of thiophene rings is 2. The Morgan fingerprint density at radius 2 is 1.82 bits per heavy atom. The van der Waals surface area contributed by atoms with Gasteiger partial charge in [-0.25, -0.2) is 0 Å². The van der Waals surface area contributed by atoms with Crippen LogP contribution in [-0.2, 0) is 0 Å². The van der Waals surface area contributed by atoms with Crippen molar-refractivity contribution >= 4 is 34.5 Å². The third kappa shape index (κ3) is 3.82. The van der Waals surface area contributed by atoms with Crippen LogP contribution in [-0.4, -0.2) is 5.78 Å². The van der Waals surface area contributed by atoms with Gasteiger partial charge in [0, 0.05) is 10.4 Å². The normalized spacial score (nSPS) is 10.4. The Bertz CT molecular complexity index is 844. The molecule has 0 amide bonds. The molecule has 3 heteroatoms. The van der Waals surface area contributed by atoms with E-state index in [4.69, 9.17) is 0 Å². The average molecular weight is 320 g/mol. The summed E-state index contributed by atoms with van der Waals surface area (Å²) in [7, 11) is 0. The van der Waals surface area contributed by atoms with Gasteiger partial charge in [-0.1, -0.05) is 36.1 Å². The molecule has 0 unspecified atom stereocenters. The van der Waals surface area contributed by atoms with Crippen molar-refractivity contribution in [3.8, 4) is 11.8 Å². The van der Waals surface area contributed by atoms with Crippen LogP contribution >= 0.6 is 22.7 Å². The molecule has 2 aromatic heterocycles. The molecule has 0 aliphatic carbocycles. The second-order valence-electron chi connectivity index (χ2n) is 4.49. The van der Waals surface area contributed by atoms with Crippen molar-refractivity contribution in [1.29, 1.82) is 0 Å². The minimum absolute atomic E-state index is 0.0196. The van der Waals surface area contributed by atoms with Gasteiger partial charge in [0.15, 0.2) is 5.78 Å². The summed E-state index contributed by atoms with van der Waals surface area (Å²) in [5.41, 5.74) is 0.973. The lowest BCUT2D eigenvalue weighted by Crippen LogP contribution is -1.87. The Morgan fingerprint density at radius 1 is 0.955 bits per heavy atom. The zero-order valence-corrected chi connectivity index (χ0v) is 13.3. The SMILES string of the molecule is O=C(C=Cc1cccs1)c1ccc(C#Cc2ccccc2)s1. The highest BCUT2D eigenvalue weighted by Gasteiger charge is 2.05. The molecule has 0 aliphatic heterocycles. The summed E-state index contributed by atoms with van der Waals surface area (Å²) >= 11 is 3.04. The van der Waals surface area contributed by atoms with E-state index >= 15 is 0 Å². The lowest BCUT2D eigenvalue weighted by molar-refractivity contribution is 0.105. The molecule has 0 saturated heterocycles. The quantitative estimate of drug-likeness (QED) is 0.372. The van der Waals surface area contributed by atoms with Gasteiger partial charge in [-0.2, -0.15) is 0 Å². The fourth-order valence-electron chi connectivity index (χ4n) is 1.82. The number of rotatable bonds is 3. The molecule has 0 spiro atoms. The lowest BCUT2D eigenvalue weighted by Gasteiger charge is -1.88. The highest BCUT2D eigenvalue weighted by Crippen LogP contribution is 2.18. The maximum atomic E-state index is 12.1. The van der Waals surface area contributed by atoms with Crippen LogP contribution in [0.2, 0.25) is 0 Å². The molecule has 0 radical (unpaired) electrons. The largest absolute Gasteiger partial charge is 0.288 e. The molecule has 1 aromatic carbocycles. The summed E-state index contributed by atoms with van der Waals surface area (Å²) in [6.07, 6.45) is 3.47. The number of carbonyl (C=O) groups excluding carboxylic acids is 1. The second-order valence-corrected chi connectivity index (χ2v) is 6.56. The predicted molar refractivity (Wildman–Crippen MR) is 94.4 cm³/mol. The molecule has 3 rings (SSSR count). The molecule has 2 heterocycles. The van der Waals surface area contributed by atoms with Crippen LogP contribution < -0.4 is 0 Å². The van der Waals surface area contributed by atoms with Gasteiger partial charge < -0.3 is 0 Å². The Kier molecular flexibility index (Phi) is 4.65. The van der Waals surface area contributed by atoms with Crippen molar-refractivity contribution in [2.45, 2.75) is 0 Å². The molecule has 106 valence electrons. The first kappa shape index (κ1) is 14.5. The van der Waals surface area contributed by atoms with Gasteiger partial charge >= 0.3 is 0 Å². The number of ketones is 1. The van der Waals surface area contributed by atoms with Crippen LogP contribution in [0.15, 0.2) is 66.1 Å². The zero-order valence-electron chi connectivity index (χ0n) is 11.7. The zero-order chi connectivity index (χ0) is 15.2. The average Bonchev–Trinajstić information content (AvgIpc) is 3.23. The van der Waals surface area contributed by atoms with E-state index in [-0.39, 0.29) is 5.78 Å². The highest BCUT2D eigenvalue weighted by molar-refractivity contribution is 7.14. The monoisotopic (exact) mass is 320 g/mol. The van der Waals surface area contributed by atoms with Gasteiger partial charge in [0.1, 0.15) is 0 Å². The van der Waals surface area contributed by atoms with Crippen LogP contribution in [0, 0.1) is 11.8 Å². The molecule has 1 nitrogen and oxygen atoms in total. The smallest absolute Gasteiger partial charge is 0.195 e. The third-order valence-electron chi connectivity index (χ3n) is 2.89. The first-order valence-corrected chi connectivity index (χ1v) is 8.44. The third-order valence-corrected chi connectivity index (χ3v) is 4.75. The van der Waals surface area contributed by atoms with E-state index in [0.717, 1.165) is 15.3 Å². The topological polar surface area (TPSA) is 17.1 Å². The molecule has 0 atom stereocenters. The summed E-state index contributed by atoms with van der Waals surface area (Å²) < 4.78 is 0.